The van der Waals surface area contributed by atoms with E-state index in [4.69, 9.17) is 4.42 Å². The highest BCUT2D eigenvalue weighted by atomic mass is 32.2. The number of benzene rings is 3. The number of carbonyl (C=O) groups excluding carboxylic acids is 2. The lowest BCUT2D eigenvalue weighted by Gasteiger charge is -2.33. The number of sulfonamides is 1. The summed E-state index contributed by atoms with van der Waals surface area (Å²) in [4.78, 5) is 33.3. The molecule has 0 spiro atoms. The van der Waals surface area contributed by atoms with Gasteiger partial charge in [-0.2, -0.15) is 0 Å². The quantitative estimate of drug-likeness (QED) is 0.256. The molecule has 0 radical (unpaired) electrons. The normalized spacial score (nSPS) is 15.5. The van der Waals surface area contributed by atoms with Crippen molar-refractivity contribution < 1.29 is 26.8 Å². The van der Waals surface area contributed by atoms with Gasteiger partial charge < -0.3 is 19.2 Å². The molecule has 1 unspecified atom stereocenters. The molecule has 5 aromatic rings. The van der Waals surface area contributed by atoms with Crippen molar-refractivity contribution in [2.24, 2.45) is 7.05 Å². The Balaban J connectivity index is 1.45. The van der Waals surface area contributed by atoms with Crippen LogP contribution in [0.1, 0.15) is 52.2 Å². The van der Waals surface area contributed by atoms with E-state index in [-0.39, 0.29) is 28.9 Å². The van der Waals surface area contributed by atoms with Crippen LogP contribution in [0.2, 0.25) is 0 Å². The fourth-order valence-corrected chi connectivity index (χ4v) is 6.53. The number of nitrogens with zero attached hydrogens (tertiary/aromatic N) is 3. The molecule has 2 amide bonds. The number of carbonyl (C=O) groups is 2. The number of rotatable bonds is 7. The average Bonchev–Trinajstić information content (AvgIpc) is 3.57. The van der Waals surface area contributed by atoms with Crippen LogP contribution in [0.15, 0.2) is 65.1 Å². The fourth-order valence-electron chi connectivity index (χ4n) is 5.87. The zero-order valence-electron chi connectivity index (χ0n) is 24.6. The molecule has 0 saturated carbocycles. The number of hydrogen-bond acceptors (Lipinski definition) is 6. The summed E-state index contributed by atoms with van der Waals surface area (Å²) >= 11 is 0. The van der Waals surface area contributed by atoms with Gasteiger partial charge in [0.15, 0.2) is 5.82 Å². The van der Waals surface area contributed by atoms with E-state index < -0.39 is 21.7 Å². The molecule has 3 aromatic carbocycles. The molecule has 0 aliphatic carbocycles. The van der Waals surface area contributed by atoms with Crippen molar-refractivity contribution in [3.8, 4) is 11.3 Å². The Bertz CT molecular complexity index is 2020. The van der Waals surface area contributed by atoms with Crippen molar-refractivity contribution in [3.05, 3.63) is 83.4 Å². The second-order valence-electron chi connectivity index (χ2n) is 10.9. The lowest BCUT2D eigenvalue weighted by Crippen LogP contribution is -2.40. The number of nitrogens with one attached hydrogen (secondary N) is 2. The minimum absolute atomic E-state index is 0.144. The number of hydrogen-bond donors (Lipinski definition) is 2. The van der Waals surface area contributed by atoms with Crippen LogP contribution < -0.4 is 10.0 Å². The van der Waals surface area contributed by atoms with Gasteiger partial charge in [-0.05, 0) is 67.8 Å². The van der Waals surface area contributed by atoms with Gasteiger partial charge in [-0.15, -0.1) is 0 Å². The van der Waals surface area contributed by atoms with Crippen molar-refractivity contribution in [2.45, 2.75) is 25.7 Å². The first-order valence-corrected chi connectivity index (χ1v) is 16.0. The number of para-hydroxylation sites is 2. The van der Waals surface area contributed by atoms with Crippen LogP contribution in [0.25, 0.3) is 33.3 Å². The van der Waals surface area contributed by atoms with Crippen LogP contribution in [-0.4, -0.2) is 60.6 Å². The Morgan fingerprint density at radius 3 is 2.57 bits per heavy atom. The second-order valence-corrected chi connectivity index (χ2v) is 12.9. The van der Waals surface area contributed by atoms with Crippen LogP contribution in [0.5, 0.6) is 0 Å². The lowest BCUT2D eigenvalue weighted by molar-refractivity contribution is 0.0691. The van der Waals surface area contributed by atoms with E-state index in [9.17, 15) is 22.4 Å². The predicted octanol–water partition coefficient (Wildman–Crippen LogP) is 5.27. The van der Waals surface area contributed by atoms with Crippen molar-refractivity contribution in [3.63, 3.8) is 0 Å². The number of amides is 2. The number of furan rings is 1. The number of anilines is 1. The van der Waals surface area contributed by atoms with Crippen molar-refractivity contribution in [2.75, 3.05) is 30.6 Å². The van der Waals surface area contributed by atoms with E-state index in [1.54, 1.807) is 28.5 Å². The summed E-state index contributed by atoms with van der Waals surface area (Å²) in [5, 5.41) is 3.14. The molecule has 228 valence electrons. The van der Waals surface area contributed by atoms with Crippen LogP contribution in [0, 0.1) is 5.82 Å². The maximum absolute atomic E-state index is 13.7. The molecule has 1 aliphatic rings. The topological polar surface area (TPSA) is 127 Å². The van der Waals surface area contributed by atoms with Crippen LogP contribution in [0.3, 0.4) is 0 Å². The number of aromatic nitrogens is 2. The first-order chi connectivity index (χ1) is 21.1. The molecule has 1 atom stereocenters. The van der Waals surface area contributed by atoms with Gasteiger partial charge in [0.1, 0.15) is 17.2 Å². The van der Waals surface area contributed by atoms with Gasteiger partial charge in [0.2, 0.25) is 10.0 Å². The zero-order chi connectivity index (χ0) is 31.2. The molecule has 2 aromatic heterocycles. The number of halogens is 1. The summed E-state index contributed by atoms with van der Waals surface area (Å²) in [6.45, 7) is 2.40. The maximum atomic E-state index is 13.7. The highest BCUT2D eigenvalue weighted by Gasteiger charge is 2.32. The molecular weight excluding hydrogens is 585 g/mol. The third-order valence-electron chi connectivity index (χ3n) is 8.19. The molecule has 1 fully saturated rings. The van der Waals surface area contributed by atoms with Gasteiger partial charge in [0, 0.05) is 50.1 Å². The molecule has 44 heavy (non-hydrogen) atoms. The first-order valence-electron chi connectivity index (χ1n) is 14.4. The van der Waals surface area contributed by atoms with E-state index in [2.05, 4.69) is 15.0 Å². The summed E-state index contributed by atoms with van der Waals surface area (Å²) in [6.07, 6.45) is 1.38. The van der Waals surface area contributed by atoms with E-state index >= 15 is 0 Å². The number of likely N-dealkylation sites (tertiary alicyclic amines) is 1. The molecule has 12 heteroatoms. The van der Waals surface area contributed by atoms with Crippen molar-refractivity contribution >= 4 is 49.5 Å². The summed E-state index contributed by atoms with van der Waals surface area (Å²) in [5.41, 5.74) is 3.60. The van der Waals surface area contributed by atoms with Crippen LogP contribution in [-0.2, 0) is 17.1 Å². The standard InChI is InChI=1S/C32H32FN5O5S/c1-4-44(41,42)36-25-17-27-23(28(31(39)34-2)29(43-27)19-11-13-21(33)14-12-19)16-22(25)20-8-7-15-38(18-20)32(40)30-35-24-9-5-6-10-26(24)37(30)3/h5-6,9-14,16-17,20,36H,4,7-8,15,18H2,1-3H3,(H,34,39). The molecular formula is C32H32FN5O5S. The third-order valence-corrected chi connectivity index (χ3v) is 9.48. The Morgan fingerprint density at radius 2 is 1.86 bits per heavy atom. The lowest BCUT2D eigenvalue weighted by atomic mass is 9.88. The predicted molar refractivity (Wildman–Crippen MR) is 167 cm³/mol. The largest absolute Gasteiger partial charge is 0.455 e. The third kappa shape index (κ3) is 5.30. The highest BCUT2D eigenvalue weighted by Crippen LogP contribution is 2.41. The Labute approximate surface area is 253 Å². The molecule has 1 aliphatic heterocycles. The van der Waals surface area contributed by atoms with E-state index in [0.717, 1.165) is 11.0 Å². The molecule has 1 saturated heterocycles. The van der Waals surface area contributed by atoms with Crippen molar-refractivity contribution in [1.29, 1.82) is 0 Å². The monoisotopic (exact) mass is 617 g/mol. The molecule has 10 nitrogen and oxygen atoms in total. The van der Waals surface area contributed by atoms with E-state index in [1.165, 1.54) is 31.3 Å². The highest BCUT2D eigenvalue weighted by molar-refractivity contribution is 7.92. The number of imidazole rings is 1. The molecule has 2 N–H and O–H groups in total. The maximum Gasteiger partial charge on any atom is 0.289 e. The number of fused-ring (bicyclic) bond motifs is 2. The molecule has 0 bridgehead atoms. The number of aryl methyl sites for hydroxylation is 1. The van der Waals surface area contributed by atoms with E-state index in [1.807, 2.05) is 31.3 Å². The second kappa shape index (κ2) is 11.4. The minimum atomic E-state index is -3.68. The van der Waals surface area contributed by atoms with Gasteiger partial charge in [0.25, 0.3) is 11.8 Å². The zero-order valence-corrected chi connectivity index (χ0v) is 25.4. The van der Waals surface area contributed by atoms with Gasteiger partial charge >= 0.3 is 0 Å². The summed E-state index contributed by atoms with van der Waals surface area (Å²) in [7, 11) is -0.365. The molecule has 3 heterocycles. The Kier molecular flexibility index (Phi) is 7.62. The SMILES string of the molecule is CCS(=O)(=O)Nc1cc2oc(-c3ccc(F)cc3)c(C(=O)NC)c2cc1C1CCCN(C(=O)c2nc3ccccc3n2C)C1. The minimum Gasteiger partial charge on any atom is -0.455 e. The van der Waals surface area contributed by atoms with Gasteiger partial charge in [-0.3, -0.25) is 14.3 Å². The Hall–Kier alpha value is -4.71. The first kappa shape index (κ1) is 29.4. The smallest absolute Gasteiger partial charge is 0.289 e. The van der Waals surface area contributed by atoms with Gasteiger partial charge in [-0.1, -0.05) is 12.1 Å². The fraction of sp³-hybridized carbons (Fsp3) is 0.281. The van der Waals surface area contributed by atoms with Gasteiger partial charge in [-0.25, -0.2) is 17.8 Å². The average molecular weight is 618 g/mol. The summed E-state index contributed by atoms with van der Waals surface area (Å²) in [5.74, 6) is -0.869. The van der Waals surface area contributed by atoms with E-state index in [0.29, 0.717) is 59.5 Å². The Morgan fingerprint density at radius 1 is 1.11 bits per heavy atom. The summed E-state index contributed by atoms with van der Waals surface area (Å²) in [6, 6.07) is 16.5. The molecule has 6 rings (SSSR count). The summed E-state index contributed by atoms with van der Waals surface area (Å²) < 4.78 is 49.9. The van der Waals surface area contributed by atoms with Gasteiger partial charge in [0.05, 0.1) is 28.0 Å². The number of piperidine rings is 1. The van der Waals surface area contributed by atoms with Crippen LogP contribution >= 0.6 is 0 Å². The van der Waals surface area contributed by atoms with Crippen LogP contribution in [0.4, 0.5) is 10.1 Å². The van der Waals surface area contributed by atoms with Crippen molar-refractivity contribution in [1.82, 2.24) is 19.8 Å².